The molecule has 0 aromatic carbocycles. The molecule has 1 saturated carbocycles. The third-order valence-electron chi connectivity index (χ3n) is 4.10. The van der Waals surface area contributed by atoms with Gasteiger partial charge in [-0.1, -0.05) is 20.8 Å². The van der Waals surface area contributed by atoms with Crippen LogP contribution in [0, 0.1) is 5.41 Å². The maximum atomic E-state index is 11.9. The summed E-state index contributed by atoms with van der Waals surface area (Å²) in [6.07, 6.45) is 1.50. The fourth-order valence-electron chi connectivity index (χ4n) is 2.51. The van der Waals surface area contributed by atoms with E-state index in [1.54, 1.807) is 0 Å². The summed E-state index contributed by atoms with van der Waals surface area (Å²) < 4.78 is 5.61. The highest BCUT2D eigenvalue weighted by molar-refractivity contribution is 5.76. The molecule has 1 aliphatic rings. The van der Waals surface area contributed by atoms with Crippen LogP contribution in [-0.4, -0.2) is 41.9 Å². The summed E-state index contributed by atoms with van der Waals surface area (Å²) in [6.45, 7) is 8.61. The Labute approximate surface area is 120 Å². The average molecular weight is 286 g/mol. The van der Waals surface area contributed by atoms with Crippen molar-refractivity contribution in [2.45, 2.75) is 65.1 Å². The van der Waals surface area contributed by atoms with Crippen molar-refractivity contribution in [2.24, 2.45) is 5.41 Å². The molecular formula is C14H26N2O4. The first-order valence-corrected chi connectivity index (χ1v) is 7.21. The molecule has 6 heteroatoms. The van der Waals surface area contributed by atoms with Gasteiger partial charge in [-0.25, -0.2) is 4.79 Å². The van der Waals surface area contributed by atoms with E-state index in [9.17, 15) is 9.59 Å². The van der Waals surface area contributed by atoms with E-state index in [-0.39, 0.29) is 36.1 Å². The number of rotatable bonds is 7. The maximum absolute atomic E-state index is 11.9. The Morgan fingerprint density at radius 3 is 2.50 bits per heavy atom. The highest BCUT2D eigenvalue weighted by Crippen LogP contribution is 2.42. The number of carbonyl (C=O) groups is 2. The minimum Gasteiger partial charge on any atom is -0.481 e. The van der Waals surface area contributed by atoms with Gasteiger partial charge in [0.15, 0.2) is 0 Å². The standard InChI is InChI=1S/C14H26N2O4/c1-5-9(7-12(17)18)15-13(19)16-10-8-11(20-6-2)14(10,3)4/h9-11H,5-8H2,1-4H3,(H,17,18)(H2,15,16,19). The molecule has 0 aromatic heterocycles. The van der Waals surface area contributed by atoms with Crippen LogP contribution in [0.5, 0.6) is 0 Å². The van der Waals surface area contributed by atoms with Crippen LogP contribution in [0.15, 0.2) is 0 Å². The van der Waals surface area contributed by atoms with Crippen molar-refractivity contribution in [3.05, 3.63) is 0 Å². The van der Waals surface area contributed by atoms with E-state index in [2.05, 4.69) is 24.5 Å². The molecule has 1 aliphatic carbocycles. The number of ether oxygens (including phenoxy) is 1. The van der Waals surface area contributed by atoms with Crippen molar-refractivity contribution in [1.82, 2.24) is 10.6 Å². The molecule has 0 bridgehead atoms. The van der Waals surface area contributed by atoms with Crippen molar-refractivity contribution in [2.75, 3.05) is 6.61 Å². The Morgan fingerprint density at radius 1 is 1.40 bits per heavy atom. The molecule has 6 nitrogen and oxygen atoms in total. The molecule has 3 unspecified atom stereocenters. The number of amides is 2. The van der Waals surface area contributed by atoms with Crippen LogP contribution in [0.3, 0.4) is 0 Å². The lowest BCUT2D eigenvalue weighted by Crippen LogP contribution is -2.63. The van der Waals surface area contributed by atoms with Gasteiger partial charge in [0.25, 0.3) is 0 Å². The second kappa shape index (κ2) is 6.92. The Bertz CT molecular complexity index is 357. The fourth-order valence-corrected chi connectivity index (χ4v) is 2.51. The predicted octanol–water partition coefficient (Wildman–Crippen LogP) is 1.74. The van der Waals surface area contributed by atoms with Gasteiger partial charge in [-0.15, -0.1) is 0 Å². The number of carboxylic acids is 1. The zero-order valence-electron chi connectivity index (χ0n) is 12.7. The van der Waals surface area contributed by atoms with Crippen LogP contribution in [0.25, 0.3) is 0 Å². The molecule has 0 radical (unpaired) electrons. The molecule has 116 valence electrons. The van der Waals surface area contributed by atoms with Crippen molar-refractivity contribution >= 4 is 12.0 Å². The molecule has 0 saturated heterocycles. The van der Waals surface area contributed by atoms with Crippen molar-refractivity contribution < 1.29 is 19.4 Å². The monoisotopic (exact) mass is 286 g/mol. The normalized spacial score (nSPS) is 25.4. The largest absolute Gasteiger partial charge is 0.481 e. The number of hydrogen-bond donors (Lipinski definition) is 3. The van der Waals surface area contributed by atoms with E-state index in [0.29, 0.717) is 13.0 Å². The van der Waals surface area contributed by atoms with Crippen molar-refractivity contribution in [3.8, 4) is 0 Å². The molecule has 1 rings (SSSR count). The topological polar surface area (TPSA) is 87.7 Å². The van der Waals surface area contributed by atoms with Crippen LogP contribution in [0.4, 0.5) is 4.79 Å². The summed E-state index contributed by atoms with van der Waals surface area (Å²) in [5.74, 6) is -0.905. The molecule has 1 fully saturated rings. The second-order valence-electron chi connectivity index (χ2n) is 5.87. The third-order valence-corrected chi connectivity index (χ3v) is 4.10. The van der Waals surface area contributed by atoms with E-state index in [4.69, 9.17) is 9.84 Å². The van der Waals surface area contributed by atoms with Gasteiger partial charge in [0.05, 0.1) is 12.5 Å². The quantitative estimate of drug-likeness (QED) is 0.665. The number of nitrogens with one attached hydrogen (secondary N) is 2. The molecule has 0 aliphatic heterocycles. The smallest absolute Gasteiger partial charge is 0.315 e. The maximum Gasteiger partial charge on any atom is 0.315 e. The molecule has 0 aromatic rings. The predicted molar refractivity (Wildman–Crippen MR) is 75.6 cm³/mol. The van der Waals surface area contributed by atoms with Crippen LogP contribution in [0.2, 0.25) is 0 Å². The summed E-state index contributed by atoms with van der Waals surface area (Å²) in [7, 11) is 0. The molecule has 3 atom stereocenters. The van der Waals surface area contributed by atoms with E-state index in [1.807, 2.05) is 13.8 Å². The van der Waals surface area contributed by atoms with Gasteiger partial charge in [0.2, 0.25) is 0 Å². The lowest BCUT2D eigenvalue weighted by molar-refractivity contribution is -0.137. The average Bonchev–Trinajstić information content (AvgIpc) is 2.36. The van der Waals surface area contributed by atoms with E-state index < -0.39 is 5.97 Å². The summed E-state index contributed by atoms with van der Waals surface area (Å²) in [5, 5.41) is 14.4. The number of urea groups is 1. The zero-order chi connectivity index (χ0) is 15.3. The number of carbonyl (C=O) groups excluding carboxylic acids is 1. The zero-order valence-corrected chi connectivity index (χ0v) is 12.7. The highest BCUT2D eigenvalue weighted by atomic mass is 16.5. The van der Waals surface area contributed by atoms with Crippen LogP contribution < -0.4 is 10.6 Å². The van der Waals surface area contributed by atoms with Crippen LogP contribution in [-0.2, 0) is 9.53 Å². The minimum atomic E-state index is -0.905. The molecular weight excluding hydrogens is 260 g/mol. The Morgan fingerprint density at radius 2 is 2.05 bits per heavy atom. The van der Waals surface area contributed by atoms with Crippen molar-refractivity contribution in [3.63, 3.8) is 0 Å². The van der Waals surface area contributed by atoms with Gasteiger partial charge in [-0.2, -0.15) is 0 Å². The number of aliphatic carboxylic acids is 1. The second-order valence-corrected chi connectivity index (χ2v) is 5.87. The van der Waals surface area contributed by atoms with E-state index in [0.717, 1.165) is 6.42 Å². The van der Waals surface area contributed by atoms with E-state index in [1.165, 1.54) is 0 Å². The lowest BCUT2D eigenvalue weighted by Gasteiger charge is -2.51. The minimum absolute atomic E-state index is 0.0560. The first kappa shape index (κ1) is 16.8. The van der Waals surface area contributed by atoms with Gasteiger partial charge in [0.1, 0.15) is 0 Å². The van der Waals surface area contributed by atoms with Gasteiger partial charge in [0, 0.05) is 24.1 Å². The lowest BCUT2D eigenvalue weighted by atomic mass is 9.64. The van der Waals surface area contributed by atoms with Gasteiger partial charge < -0.3 is 20.5 Å². The summed E-state index contributed by atoms with van der Waals surface area (Å²) >= 11 is 0. The Hall–Kier alpha value is -1.30. The Kier molecular flexibility index (Phi) is 5.80. The third kappa shape index (κ3) is 4.10. The summed E-state index contributed by atoms with van der Waals surface area (Å²) in [4.78, 5) is 22.6. The molecule has 20 heavy (non-hydrogen) atoms. The first-order valence-electron chi connectivity index (χ1n) is 7.21. The number of hydrogen-bond acceptors (Lipinski definition) is 3. The highest BCUT2D eigenvalue weighted by Gasteiger charge is 2.49. The van der Waals surface area contributed by atoms with E-state index >= 15 is 0 Å². The van der Waals surface area contributed by atoms with Gasteiger partial charge >= 0.3 is 12.0 Å². The van der Waals surface area contributed by atoms with Crippen molar-refractivity contribution in [1.29, 1.82) is 0 Å². The Balaban J connectivity index is 2.42. The summed E-state index contributed by atoms with van der Waals surface area (Å²) in [6, 6.07) is -0.578. The SMILES string of the molecule is CCOC1CC(NC(=O)NC(CC)CC(=O)O)C1(C)C. The molecule has 2 amide bonds. The van der Waals surface area contributed by atoms with Gasteiger partial charge in [-0.3, -0.25) is 4.79 Å². The fraction of sp³-hybridized carbons (Fsp3) is 0.857. The van der Waals surface area contributed by atoms with Gasteiger partial charge in [-0.05, 0) is 19.8 Å². The van der Waals surface area contributed by atoms with Crippen LogP contribution >= 0.6 is 0 Å². The number of carboxylic acid groups (broad SMARTS) is 1. The molecule has 0 heterocycles. The summed E-state index contributed by atoms with van der Waals surface area (Å²) in [5.41, 5.74) is -0.0954. The first-order chi connectivity index (χ1) is 9.31. The van der Waals surface area contributed by atoms with Crippen LogP contribution in [0.1, 0.15) is 47.0 Å². The molecule has 0 spiro atoms. The molecule has 3 N–H and O–H groups in total.